The first-order chi connectivity index (χ1) is 5.09. The summed E-state index contributed by atoms with van der Waals surface area (Å²) in [5.41, 5.74) is 5.59. The second-order valence-electron chi connectivity index (χ2n) is 2.36. The molecule has 0 spiro atoms. The minimum Gasteiger partial charge on any atom is -0.391 e. The van der Waals surface area contributed by atoms with Gasteiger partial charge in [0.05, 0.1) is 0 Å². The number of hydrogen-bond acceptors (Lipinski definition) is 3. The van der Waals surface area contributed by atoms with Gasteiger partial charge in [-0.2, -0.15) is 0 Å². The van der Waals surface area contributed by atoms with Crippen molar-refractivity contribution in [3.63, 3.8) is 0 Å². The Hall–Kier alpha value is -1.39. The van der Waals surface area contributed by atoms with Crippen LogP contribution in [0.4, 0.5) is 11.5 Å². The summed E-state index contributed by atoms with van der Waals surface area (Å²) in [6, 6.07) is 0. The van der Waals surface area contributed by atoms with E-state index in [1.54, 1.807) is 25.8 Å². The van der Waals surface area contributed by atoms with E-state index < -0.39 is 0 Å². The lowest BCUT2D eigenvalue weighted by Crippen LogP contribution is -2.18. The number of nitrogens with two attached hydrogens (primary N) is 1. The molecule has 1 aromatic rings. The minimum absolute atomic E-state index is 0.170. The third-order valence-corrected chi connectivity index (χ3v) is 1.79. The lowest BCUT2D eigenvalue weighted by molar-refractivity contribution is 0.584. The SMILES string of the molecule is CNc1c(N)c(=O)n(C)n1C. The van der Waals surface area contributed by atoms with Crippen molar-refractivity contribution in [2.75, 3.05) is 18.1 Å². The summed E-state index contributed by atoms with van der Waals surface area (Å²) in [6.07, 6.45) is 0. The van der Waals surface area contributed by atoms with Gasteiger partial charge in [-0.05, 0) is 0 Å². The van der Waals surface area contributed by atoms with Gasteiger partial charge in [0.1, 0.15) is 11.5 Å². The third-order valence-electron chi connectivity index (χ3n) is 1.79. The van der Waals surface area contributed by atoms with Gasteiger partial charge in [0, 0.05) is 21.1 Å². The predicted octanol–water partition coefficient (Wildman–Crippen LogP) is -0.652. The lowest BCUT2D eigenvalue weighted by Gasteiger charge is -2.03. The van der Waals surface area contributed by atoms with Gasteiger partial charge < -0.3 is 11.1 Å². The summed E-state index contributed by atoms with van der Waals surface area (Å²) in [5.74, 6) is 0.650. The molecule has 3 N–H and O–H groups in total. The number of rotatable bonds is 1. The van der Waals surface area contributed by atoms with Crippen molar-refractivity contribution in [1.82, 2.24) is 9.36 Å². The summed E-state index contributed by atoms with van der Waals surface area (Å²) in [5, 5.41) is 2.84. The molecule has 0 amide bonds. The molecular weight excluding hydrogens is 144 g/mol. The van der Waals surface area contributed by atoms with Gasteiger partial charge in [0.25, 0.3) is 5.56 Å². The molecule has 1 heterocycles. The standard InChI is InChI=1S/C6H12N4O/c1-8-5-4(7)6(11)10(3)9(5)2/h8H,7H2,1-3H3. The molecule has 11 heavy (non-hydrogen) atoms. The Kier molecular flexibility index (Phi) is 1.64. The van der Waals surface area contributed by atoms with E-state index in [0.29, 0.717) is 5.82 Å². The molecule has 0 saturated heterocycles. The highest BCUT2D eigenvalue weighted by Crippen LogP contribution is 2.10. The van der Waals surface area contributed by atoms with Crippen LogP contribution in [0.2, 0.25) is 0 Å². The van der Waals surface area contributed by atoms with Crippen LogP contribution in [0, 0.1) is 0 Å². The van der Waals surface area contributed by atoms with E-state index in [2.05, 4.69) is 5.32 Å². The number of aromatic nitrogens is 2. The van der Waals surface area contributed by atoms with E-state index >= 15 is 0 Å². The zero-order chi connectivity index (χ0) is 8.59. The Morgan fingerprint density at radius 1 is 1.36 bits per heavy atom. The average molecular weight is 156 g/mol. The lowest BCUT2D eigenvalue weighted by atomic mass is 10.5. The highest BCUT2D eigenvalue weighted by molar-refractivity contribution is 5.60. The molecule has 5 nitrogen and oxygen atoms in total. The molecule has 0 atom stereocenters. The molecule has 62 valence electrons. The van der Waals surface area contributed by atoms with Gasteiger partial charge in [-0.1, -0.05) is 0 Å². The Morgan fingerprint density at radius 3 is 2.09 bits per heavy atom. The fourth-order valence-electron chi connectivity index (χ4n) is 1.03. The summed E-state index contributed by atoms with van der Waals surface area (Å²) in [6.45, 7) is 0. The molecule has 0 fully saturated rings. The maximum Gasteiger partial charge on any atom is 0.291 e. The van der Waals surface area contributed by atoms with Gasteiger partial charge >= 0.3 is 0 Å². The molecule has 0 aliphatic carbocycles. The highest BCUT2D eigenvalue weighted by Gasteiger charge is 2.09. The van der Waals surface area contributed by atoms with E-state index in [4.69, 9.17) is 5.73 Å². The topological polar surface area (TPSA) is 65.0 Å². The largest absolute Gasteiger partial charge is 0.391 e. The van der Waals surface area contributed by atoms with Crippen molar-refractivity contribution in [2.24, 2.45) is 14.1 Å². The van der Waals surface area contributed by atoms with Crippen molar-refractivity contribution in [3.8, 4) is 0 Å². The molecular formula is C6H12N4O. The van der Waals surface area contributed by atoms with Crippen LogP contribution in [0.15, 0.2) is 4.79 Å². The van der Waals surface area contributed by atoms with Crippen molar-refractivity contribution in [3.05, 3.63) is 10.4 Å². The van der Waals surface area contributed by atoms with Crippen LogP contribution < -0.4 is 16.6 Å². The van der Waals surface area contributed by atoms with E-state index in [9.17, 15) is 4.79 Å². The molecule has 1 rings (SSSR count). The number of anilines is 2. The molecule has 0 unspecified atom stereocenters. The van der Waals surface area contributed by atoms with Gasteiger partial charge in [0.2, 0.25) is 0 Å². The molecule has 0 aromatic carbocycles. The van der Waals surface area contributed by atoms with Crippen molar-refractivity contribution in [2.45, 2.75) is 0 Å². The van der Waals surface area contributed by atoms with Gasteiger partial charge in [-0.25, -0.2) is 0 Å². The highest BCUT2D eigenvalue weighted by atomic mass is 16.1. The number of hydrogen-bond donors (Lipinski definition) is 2. The Bertz CT molecular complexity index is 322. The van der Waals surface area contributed by atoms with Crippen LogP contribution >= 0.6 is 0 Å². The second-order valence-corrected chi connectivity index (χ2v) is 2.36. The molecule has 0 radical (unpaired) electrons. The average Bonchev–Trinajstić information content (AvgIpc) is 2.17. The van der Waals surface area contributed by atoms with Gasteiger partial charge in [-0.15, -0.1) is 0 Å². The van der Waals surface area contributed by atoms with Crippen molar-refractivity contribution >= 4 is 11.5 Å². The number of nitrogen functional groups attached to an aromatic ring is 1. The van der Waals surface area contributed by atoms with E-state index in [1.807, 2.05) is 0 Å². The van der Waals surface area contributed by atoms with E-state index in [0.717, 1.165) is 0 Å². The first-order valence-corrected chi connectivity index (χ1v) is 3.28. The van der Waals surface area contributed by atoms with Crippen LogP contribution in [0.1, 0.15) is 0 Å². The third kappa shape index (κ3) is 0.886. The monoisotopic (exact) mass is 156 g/mol. The summed E-state index contributed by atoms with van der Waals surface area (Å²) < 4.78 is 3.11. The van der Waals surface area contributed by atoms with Gasteiger partial charge in [0.15, 0.2) is 0 Å². The zero-order valence-corrected chi connectivity index (χ0v) is 6.88. The molecule has 0 bridgehead atoms. The minimum atomic E-state index is -0.170. The summed E-state index contributed by atoms with van der Waals surface area (Å²) in [7, 11) is 5.16. The van der Waals surface area contributed by atoms with Crippen molar-refractivity contribution in [1.29, 1.82) is 0 Å². The van der Waals surface area contributed by atoms with E-state index in [1.165, 1.54) is 4.68 Å². The van der Waals surface area contributed by atoms with Crippen molar-refractivity contribution < 1.29 is 0 Å². The summed E-state index contributed by atoms with van der Waals surface area (Å²) >= 11 is 0. The van der Waals surface area contributed by atoms with Crippen LogP contribution in [0.25, 0.3) is 0 Å². The molecule has 0 saturated carbocycles. The maximum atomic E-state index is 11.1. The fraction of sp³-hybridized carbons (Fsp3) is 0.500. The zero-order valence-electron chi connectivity index (χ0n) is 6.88. The fourth-order valence-corrected chi connectivity index (χ4v) is 1.03. The first kappa shape index (κ1) is 7.71. The van der Waals surface area contributed by atoms with Crippen LogP contribution in [0.3, 0.4) is 0 Å². The first-order valence-electron chi connectivity index (χ1n) is 3.28. The Labute approximate surface area is 64.4 Å². The van der Waals surface area contributed by atoms with Crippen LogP contribution in [-0.2, 0) is 14.1 Å². The van der Waals surface area contributed by atoms with Crippen LogP contribution in [-0.4, -0.2) is 16.4 Å². The smallest absolute Gasteiger partial charge is 0.291 e. The summed E-state index contributed by atoms with van der Waals surface area (Å²) in [4.78, 5) is 11.1. The quantitative estimate of drug-likeness (QED) is 0.567. The van der Waals surface area contributed by atoms with E-state index in [-0.39, 0.29) is 11.2 Å². The van der Waals surface area contributed by atoms with Crippen LogP contribution in [0.5, 0.6) is 0 Å². The number of nitrogens with zero attached hydrogens (tertiary/aromatic N) is 2. The molecule has 0 aliphatic heterocycles. The maximum absolute atomic E-state index is 11.1. The number of nitrogens with one attached hydrogen (secondary N) is 1. The Morgan fingerprint density at radius 2 is 1.91 bits per heavy atom. The molecule has 5 heteroatoms. The molecule has 1 aromatic heterocycles. The normalized spacial score (nSPS) is 10.1. The second kappa shape index (κ2) is 2.34. The predicted molar refractivity (Wildman–Crippen MR) is 44.6 cm³/mol. The van der Waals surface area contributed by atoms with Gasteiger partial charge in [-0.3, -0.25) is 14.2 Å². The Balaban J connectivity index is 3.48. The molecule has 0 aliphatic rings.